The molecule has 0 spiro atoms. The zero-order valence-corrected chi connectivity index (χ0v) is 8.22. The maximum atomic E-state index is 10.3. The molecule has 0 radical (unpaired) electrons. The molecule has 0 aliphatic heterocycles. The predicted molar refractivity (Wildman–Crippen MR) is 46.1 cm³/mol. The van der Waals surface area contributed by atoms with Crippen LogP contribution in [0.3, 0.4) is 0 Å². The van der Waals surface area contributed by atoms with Gasteiger partial charge >= 0.3 is 10.4 Å². The quantitative estimate of drug-likeness (QED) is 0.317. The van der Waals surface area contributed by atoms with Crippen molar-refractivity contribution in [3.8, 4) is 0 Å². The van der Waals surface area contributed by atoms with Crippen molar-refractivity contribution in [1.29, 1.82) is 0 Å². The molecule has 12 heavy (non-hydrogen) atoms. The van der Waals surface area contributed by atoms with Crippen molar-refractivity contribution >= 4 is 22.4 Å². The molecule has 0 aliphatic rings. The first-order valence-corrected chi connectivity index (χ1v) is 5.11. The van der Waals surface area contributed by atoms with Crippen LogP contribution in [0, 0.1) is 0 Å². The van der Waals surface area contributed by atoms with E-state index in [1.807, 2.05) is 0 Å². The van der Waals surface area contributed by atoms with E-state index in [1.54, 1.807) is 6.92 Å². The molecular weight excluding hydrogens is 204 g/mol. The highest BCUT2D eigenvalue weighted by atomic mass is 32.3. The number of hydrogen-bond donors (Lipinski definition) is 2. The maximum Gasteiger partial charge on any atom is 0.399 e. The van der Waals surface area contributed by atoms with Crippen LogP contribution in [-0.4, -0.2) is 22.5 Å². The van der Waals surface area contributed by atoms with Gasteiger partial charge in [-0.2, -0.15) is 8.42 Å². The van der Waals surface area contributed by atoms with Gasteiger partial charge < -0.3 is 4.55 Å². The summed E-state index contributed by atoms with van der Waals surface area (Å²) in [5.41, 5.74) is 0. The van der Waals surface area contributed by atoms with E-state index < -0.39 is 15.3 Å². The molecule has 0 heterocycles. The lowest BCUT2D eigenvalue weighted by atomic mass is 10.3. The first kappa shape index (κ1) is 11.9. The van der Waals surface area contributed by atoms with Crippen molar-refractivity contribution < 1.29 is 21.7 Å². The fraction of sp³-hybridized carbons (Fsp3) is 0.600. The Hall–Kier alpha value is -0.0800. The summed E-state index contributed by atoms with van der Waals surface area (Å²) >= 11 is 0.175. The summed E-state index contributed by atoms with van der Waals surface area (Å²) in [7, 11) is -4.55. The van der Waals surface area contributed by atoms with E-state index in [1.165, 1.54) is 19.1 Å². The molecule has 0 aromatic rings. The van der Waals surface area contributed by atoms with Crippen molar-refractivity contribution in [3.05, 3.63) is 12.2 Å². The molecule has 1 unspecified atom stereocenters. The minimum atomic E-state index is -4.55. The molecule has 2 N–H and O–H groups in total. The molecule has 7 heteroatoms. The standard InChI is InChI=1S/C5H10O5S2/c1-3-4-5(2,11-6)10-12(7,8)9/h3-4,6H,1-2H3,(H,7,8,9). The third kappa shape index (κ3) is 4.73. The van der Waals surface area contributed by atoms with E-state index in [-0.39, 0.29) is 12.0 Å². The minimum Gasteiger partial charge on any atom is -0.327 e. The molecule has 5 nitrogen and oxygen atoms in total. The summed E-state index contributed by atoms with van der Waals surface area (Å²) in [6.07, 6.45) is 2.79. The predicted octanol–water partition coefficient (Wildman–Crippen LogP) is 1.30. The van der Waals surface area contributed by atoms with Crippen molar-refractivity contribution in [3.63, 3.8) is 0 Å². The molecule has 0 rings (SSSR count). The van der Waals surface area contributed by atoms with Gasteiger partial charge in [-0.1, -0.05) is 6.08 Å². The van der Waals surface area contributed by atoms with Gasteiger partial charge in [0.2, 0.25) is 0 Å². The normalized spacial score (nSPS) is 18.0. The Bertz CT molecular complexity index is 257. The Morgan fingerprint density at radius 2 is 2.08 bits per heavy atom. The van der Waals surface area contributed by atoms with Gasteiger partial charge in [-0.3, -0.25) is 4.55 Å². The monoisotopic (exact) mass is 214 g/mol. The van der Waals surface area contributed by atoms with Crippen LogP contribution in [0.4, 0.5) is 0 Å². The second kappa shape index (κ2) is 4.24. The summed E-state index contributed by atoms with van der Waals surface area (Å²) < 4.78 is 41.6. The molecule has 0 aromatic heterocycles. The van der Waals surface area contributed by atoms with E-state index in [0.717, 1.165) is 0 Å². The molecule has 0 bridgehead atoms. The van der Waals surface area contributed by atoms with E-state index in [4.69, 9.17) is 9.11 Å². The van der Waals surface area contributed by atoms with E-state index in [0.29, 0.717) is 0 Å². The number of allylic oxidation sites excluding steroid dienone is 1. The highest BCUT2D eigenvalue weighted by Crippen LogP contribution is 2.26. The average Bonchev–Trinajstić information content (AvgIpc) is 1.84. The van der Waals surface area contributed by atoms with Crippen LogP contribution in [0.2, 0.25) is 0 Å². The van der Waals surface area contributed by atoms with E-state index >= 15 is 0 Å². The summed E-state index contributed by atoms with van der Waals surface area (Å²) in [5.74, 6) is 0. The number of hydrogen-bond acceptors (Lipinski definition) is 5. The molecule has 0 amide bonds. The summed E-state index contributed by atoms with van der Waals surface area (Å²) in [4.78, 5) is -1.47. The maximum absolute atomic E-state index is 10.3. The van der Waals surface area contributed by atoms with Crippen molar-refractivity contribution in [1.82, 2.24) is 0 Å². The van der Waals surface area contributed by atoms with Crippen LogP contribution in [-0.2, 0) is 14.6 Å². The molecular formula is C5H10O5S2. The smallest absolute Gasteiger partial charge is 0.327 e. The fourth-order valence-corrected chi connectivity index (χ4v) is 1.64. The largest absolute Gasteiger partial charge is 0.399 e. The first-order chi connectivity index (χ1) is 5.33. The SMILES string of the molecule is CC=CC(C)(OS(=O)(=O)O)SO. The van der Waals surface area contributed by atoms with Crippen LogP contribution >= 0.6 is 12.0 Å². The summed E-state index contributed by atoms with van der Waals surface area (Å²) in [6, 6.07) is 0. The molecule has 0 fully saturated rings. The van der Waals surface area contributed by atoms with Crippen LogP contribution in [0.25, 0.3) is 0 Å². The van der Waals surface area contributed by atoms with Gasteiger partial charge in [0.15, 0.2) is 4.93 Å². The summed E-state index contributed by atoms with van der Waals surface area (Å²) in [6.45, 7) is 2.92. The van der Waals surface area contributed by atoms with E-state index in [2.05, 4.69) is 4.18 Å². The zero-order valence-electron chi connectivity index (χ0n) is 6.59. The molecule has 0 saturated heterocycles. The molecule has 1 atom stereocenters. The van der Waals surface area contributed by atoms with Gasteiger partial charge in [0.1, 0.15) is 0 Å². The average molecular weight is 214 g/mol. The van der Waals surface area contributed by atoms with Crippen LogP contribution < -0.4 is 0 Å². The van der Waals surface area contributed by atoms with Crippen molar-refractivity contribution in [2.24, 2.45) is 0 Å². The Labute approximate surface area is 75.6 Å². The molecule has 0 saturated carbocycles. The summed E-state index contributed by atoms with van der Waals surface area (Å²) in [5, 5.41) is 0. The van der Waals surface area contributed by atoms with Crippen LogP contribution in [0.15, 0.2) is 12.2 Å². The van der Waals surface area contributed by atoms with Crippen LogP contribution in [0.1, 0.15) is 13.8 Å². The third-order valence-electron chi connectivity index (χ3n) is 0.921. The molecule has 0 aliphatic carbocycles. The minimum absolute atomic E-state index is 0.175. The first-order valence-electron chi connectivity index (χ1n) is 2.97. The lowest BCUT2D eigenvalue weighted by Gasteiger charge is -2.18. The second-order valence-electron chi connectivity index (χ2n) is 2.12. The topological polar surface area (TPSA) is 83.8 Å². The van der Waals surface area contributed by atoms with Crippen LogP contribution in [0.5, 0.6) is 0 Å². The fourth-order valence-electron chi connectivity index (χ4n) is 0.585. The highest BCUT2D eigenvalue weighted by molar-refractivity contribution is 7.95. The zero-order chi connectivity index (χ0) is 9.83. The Morgan fingerprint density at radius 1 is 1.58 bits per heavy atom. The van der Waals surface area contributed by atoms with Gasteiger partial charge in [-0.15, -0.1) is 0 Å². The Balaban J connectivity index is 4.56. The molecule has 0 aromatic carbocycles. The third-order valence-corrected chi connectivity index (χ3v) is 2.17. The van der Waals surface area contributed by atoms with Gasteiger partial charge in [0.05, 0.1) is 0 Å². The van der Waals surface area contributed by atoms with Gasteiger partial charge in [-0.05, 0) is 19.9 Å². The van der Waals surface area contributed by atoms with E-state index in [9.17, 15) is 8.42 Å². The molecule has 72 valence electrons. The highest BCUT2D eigenvalue weighted by Gasteiger charge is 2.28. The van der Waals surface area contributed by atoms with Crippen molar-refractivity contribution in [2.45, 2.75) is 18.8 Å². The Kier molecular flexibility index (Phi) is 4.21. The lowest BCUT2D eigenvalue weighted by molar-refractivity contribution is 0.202. The van der Waals surface area contributed by atoms with Gasteiger partial charge in [0.25, 0.3) is 0 Å². The second-order valence-corrected chi connectivity index (χ2v) is 4.13. The van der Waals surface area contributed by atoms with Crippen molar-refractivity contribution in [2.75, 3.05) is 0 Å². The van der Waals surface area contributed by atoms with Gasteiger partial charge in [0, 0.05) is 12.0 Å². The Morgan fingerprint density at radius 3 is 2.33 bits per heavy atom. The van der Waals surface area contributed by atoms with Gasteiger partial charge in [-0.25, -0.2) is 4.18 Å². The lowest BCUT2D eigenvalue weighted by Crippen LogP contribution is -2.25. The number of rotatable bonds is 4.